The van der Waals surface area contributed by atoms with E-state index in [9.17, 15) is 5.11 Å². The van der Waals surface area contributed by atoms with E-state index in [1.807, 2.05) is 0 Å². The lowest BCUT2D eigenvalue weighted by Crippen LogP contribution is -2.51. The van der Waals surface area contributed by atoms with Gasteiger partial charge in [0, 0.05) is 19.1 Å². The molecule has 2 aliphatic rings. The summed E-state index contributed by atoms with van der Waals surface area (Å²) in [7, 11) is 0. The van der Waals surface area contributed by atoms with E-state index < -0.39 is 0 Å². The fourth-order valence-electron chi connectivity index (χ4n) is 3.74. The summed E-state index contributed by atoms with van der Waals surface area (Å²) in [5.74, 6) is 1.31. The number of hydrogen-bond donors (Lipinski definition) is 1. The standard InChI is InChI=1S/C16H31NO2/c1-4-5-14-6-7-16(18)15(8-14)10-17-9-13(3)19-11-12(17)2/h12-16,18H,4-11H2,1-3H3. The first-order chi connectivity index (χ1) is 9.10. The fraction of sp³-hybridized carbons (Fsp3) is 1.00. The summed E-state index contributed by atoms with van der Waals surface area (Å²) >= 11 is 0. The second kappa shape index (κ2) is 7.05. The van der Waals surface area contributed by atoms with Gasteiger partial charge in [-0.15, -0.1) is 0 Å². The molecular formula is C16H31NO2. The molecule has 0 aromatic heterocycles. The normalized spacial score (nSPS) is 41.4. The zero-order valence-electron chi connectivity index (χ0n) is 12.8. The molecule has 19 heavy (non-hydrogen) atoms. The van der Waals surface area contributed by atoms with Gasteiger partial charge in [-0.3, -0.25) is 4.90 Å². The Bertz CT molecular complexity index is 271. The van der Waals surface area contributed by atoms with Crippen molar-refractivity contribution in [3.63, 3.8) is 0 Å². The van der Waals surface area contributed by atoms with Crippen LogP contribution in [0.25, 0.3) is 0 Å². The van der Waals surface area contributed by atoms with Gasteiger partial charge in [0.05, 0.1) is 18.8 Å². The lowest BCUT2D eigenvalue weighted by Gasteiger charge is -2.42. The molecule has 1 saturated heterocycles. The molecule has 0 spiro atoms. The second-order valence-corrected chi connectivity index (χ2v) is 6.74. The van der Waals surface area contributed by atoms with E-state index in [0.717, 1.165) is 32.0 Å². The van der Waals surface area contributed by atoms with Gasteiger partial charge in [0.2, 0.25) is 0 Å². The van der Waals surface area contributed by atoms with Crippen molar-refractivity contribution < 1.29 is 9.84 Å². The predicted octanol–water partition coefficient (Wildman–Crippen LogP) is 2.67. The van der Waals surface area contributed by atoms with Crippen LogP contribution in [0.3, 0.4) is 0 Å². The summed E-state index contributed by atoms with van der Waals surface area (Å²) in [6.45, 7) is 9.56. The number of aliphatic hydroxyl groups excluding tert-OH is 1. The number of rotatable bonds is 4. The van der Waals surface area contributed by atoms with Gasteiger partial charge in [0.25, 0.3) is 0 Å². The Morgan fingerprint density at radius 1 is 1.26 bits per heavy atom. The van der Waals surface area contributed by atoms with Crippen molar-refractivity contribution in [2.75, 3.05) is 19.7 Å². The molecule has 0 radical (unpaired) electrons. The van der Waals surface area contributed by atoms with Crippen LogP contribution in [0, 0.1) is 11.8 Å². The Labute approximate surface area is 118 Å². The molecule has 1 heterocycles. The average Bonchev–Trinajstić information content (AvgIpc) is 2.38. The van der Waals surface area contributed by atoms with Crippen molar-refractivity contribution >= 4 is 0 Å². The van der Waals surface area contributed by atoms with Crippen molar-refractivity contribution in [1.29, 1.82) is 0 Å². The molecule has 1 N–H and O–H groups in total. The van der Waals surface area contributed by atoms with Gasteiger partial charge in [-0.2, -0.15) is 0 Å². The molecule has 112 valence electrons. The highest BCUT2D eigenvalue weighted by Gasteiger charge is 2.32. The van der Waals surface area contributed by atoms with E-state index in [2.05, 4.69) is 25.7 Å². The van der Waals surface area contributed by atoms with Crippen LogP contribution >= 0.6 is 0 Å². The minimum Gasteiger partial charge on any atom is -0.393 e. The fourth-order valence-corrected chi connectivity index (χ4v) is 3.74. The third-order valence-electron chi connectivity index (χ3n) is 4.95. The second-order valence-electron chi connectivity index (χ2n) is 6.74. The Morgan fingerprint density at radius 3 is 2.79 bits per heavy atom. The Kier molecular flexibility index (Phi) is 5.67. The molecule has 3 heteroatoms. The van der Waals surface area contributed by atoms with Crippen LogP contribution in [0.1, 0.15) is 52.9 Å². The monoisotopic (exact) mass is 269 g/mol. The average molecular weight is 269 g/mol. The summed E-state index contributed by atoms with van der Waals surface area (Å²) < 4.78 is 5.69. The summed E-state index contributed by atoms with van der Waals surface area (Å²) in [6.07, 6.45) is 6.30. The highest BCUT2D eigenvalue weighted by molar-refractivity contribution is 4.85. The van der Waals surface area contributed by atoms with Crippen molar-refractivity contribution in [3.8, 4) is 0 Å². The third kappa shape index (κ3) is 4.17. The number of ether oxygens (including phenoxy) is 1. The third-order valence-corrected chi connectivity index (χ3v) is 4.95. The number of hydrogen-bond acceptors (Lipinski definition) is 3. The first-order valence-corrected chi connectivity index (χ1v) is 8.13. The number of morpholine rings is 1. The highest BCUT2D eigenvalue weighted by atomic mass is 16.5. The van der Waals surface area contributed by atoms with Crippen LogP contribution in [0.5, 0.6) is 0 Å². The highest BCUT2D eigenvalue weighted by Crippen LogP contribution is 2.33. The van der Waals surface area contributed by atoms with E-state index in [0.29, 0.717) is 18.1 Å². The van der Waals surface area contributed by atoms with E-state index >= 15 is 0 Å². The molecule has 0 aromatic carbocycles. The van der Waals surface area contributed by atoms with Crippen LogP contribution in [-0.4, -0.2) is 48.0 Å². The van der Waals surface area contributed by atoms with Crippen LogP contribution < -0.4 is 0 Å². The maximum atomic E-state index is 10.3. The Hall–Kier alpha value is -0.120. The molecule has 1 aliphatic carbocycles. The quantitative estimate of drug-likeness (QED) is 0.851. The van der Waals surface area contributed by atoms with Crippen molar-refractivity contribution in [2.24, 2.45) is 11.8 Å². The van der Waals surface area contributed by atoms with Gasteiger partial charge < -0.3 is 9.84 Å². The van der Waals surface area contributed by atoms with Crippen molar-refractivity contribution in [2.45, 2.75) is 71.1 Å². The van der Waals surface area contributed by atoms with Gasteiger partial charge in [-0.05, 0) is 44.9 Å². The summed E-state index contributed by atoms with van der Waals surface area (Å²) in [5.41, 5.74) is 0. The lowest BCUT2D eigenvalue weighted by atomic mass is 9.77. The van der Waals surface area contributed by atoms with Crippen molar-refractivity contribution in [3.05, 3.63) is 0 Å². The Morgan fingerprint density at radius 2 is 2.05 bits per heavy atom. The molecular weight excluding hydrogens is 238 g/mol. The summed E-state index contributed by atoms with van der Waals surface area (Å²) in [6, 6.07) is 0.495. The first-order valence-electron chi connectivity index (χ1n) is 8.13. The molecule has 2 rings (SSSR count). The van der Waals surface area contributed by atoms with Crippen LogP contribution in [0.2, 0.25) is 0 Å². The van der Waals surface area contributed by atoms with Gasteiger partial charge in [0.15, 0.2) is 0 Å². The first kappa shape index (κ1) is 15.3. The van der Waals surface area contributed by atoms with Crippen LogP contribution in [-0.2, 0) is 4.74 Å². The molecule has 1 aliphatic heterocycles. The SMILES string of the molecule is CCCC1CCC(O)C(CN2CC(C)OCC2C)C1. The molecule has 0 amide bonds. The Balaban J connectivity index is 1.88. The molecule has 5 atom stereocenters. The predicted molar refractivity (Wildman–Crippen MR) is 78.2 cm³/mol. The zero-order chi connectivity index (χ0) is 13.8. The largest absolute Gasteiger partial charge is 0.393 e. The lowest BCUT2D eigenvalue weighted by molar-refractivity contribution is -0.0678. The minimum atomic E-state index is -0.0848. The molecule has 5 unspecified atom stereocenters. The topological polar surface area (TPSA) is 32.7 Å². The van der Waals surface area contributed by atoms with Gasteiger partial charge in [0.1, 0.15) is 0 Å². The molecule has 0 bridgehead atoms. The van der Waals surface area contributed by atoms with Gasteiger partial charge >= 0.3 is 0 Å². The number of nitrogens with zero attached hydrogens (tertiary/aromatic N) is 1. The zero-order valence-corrected chi connectivity index (χ0v) is 12.8. The van der Waals surface area contributed by atoms with E-state index in [4.69, 9.17) is 4.74 Å². The molecule has 0 aromatic rings. The van der Waals surface area contributed by atoms with Gasteiger partial charge in [-0.1, -0.05) is 19.8 Å². The molecule has 1 saturated carbocycles. The minimum absolute atomic E-state index is 0.0848. The maximum Gasteiger partial charge on any atom is 0.0674 e. The smallest absolute Gasteiger partial charge is 0.0674 e. The van der Waals surface area contributed by atoms with E-state index in [-0.39, 0.29) is 6.10 Å². The summed E-state index contributed by atoms with van der Waals surface area (Å²) in [4.78, 5) is 2.52. The van der Waals surface area contributed by atoms with E-state index in [1.165, 1.54) is 25.7 Å². The molecule has 3 nitrogen and oxygen atoms in total. The van der Waals surface area contributed by atoms with E-state index in [1.54, 1.807) is 0 Å². The maximum absolute atomic E-state index is 10.3. The molecule has 2 fully saturated rings. The van der Waals surface area contributed by atoms with Crippen LogP contribution in [0.15, 0.2) is 0 Å². The summed E-state index contributed by atoms with van der Waals surface area (Å²) in [5, 5.41) is 10.3. The van der Waals surface area contributed by atoms with Crippen molar-refractivity contribution in [1.82, 2.24) is 4.90 Å². The van der Waals surface area contributed by atoms with Crippen LogP contribution in [0.4, 0.5) is 0 Å². The van der Waals surface area contributed by atoms with Gasteiger partial charge in [-0.25, -0.2) is 0 Å². The number of aliphatic hydroxyl groups is 1.